The molecule has 1 aromatic rings. The summed E-state index contributed by atoms with van der Waals surface area (Å²) in [5.74, 6) is 0.0695. The number of nitrogens with two attached hydrogens (primary N) is 1. The largest absolute Gasteiger partial charge is 0.398 e. The molecule has 2 rings (SSSR count). The summed E-state index contributed by atoms with van der Waals surface area (Å²) < 4.78 is 0. The van der Waals surface area contributed by atoms with E-state index in [1.165, 1.54) is 0 Å². The molecule has 0 bridgehead atoms. The predicted molar refractivity (Wildman–Crippen MR) is 73.6 cm³/mol. The van der Waals surface area contributed by atoms with Crippen molar-refractivity contribution in [1.29, 1.82) is 0 Å². The predicted octanol–water partition coefficient (Wildman–Crippen LogP) is 1.35. The second-order valence-electron chi connectivity index (χ2n) is 5.14. The molecule has 0 saturated carbocycles. The highest BCUT2D eigenvalue weighted by molar-refractivity contribution is 5.97. The molecular formula is C14H21N3O. The van der Waals surface area contributed by atoms with Gasteiger partial charge in [0.1, 0.15) is 0 Å². The normalized spacial score (nSPS) is 20.1. The van der Waals surface area contributed by atoms with E-state index in [0.29, 0.717) is 17.3 Å². The van der Waals surface area contributed by atoms with Crippen molar-refractivity contribution in [2.24, 2.45) is 0 Å². The Kier molecular flexibility index (Phi) is 3.57. The molecule has 18 heavy (non-hydrogen) atoms. The van der Waals surface area contributed by atoms with Crippen LogP contribution in [0.15, 0.2) is 18.2 Å². The van der Waals surface area contributed by atoms with Crippen molar-refractivity contribution in [2.45, 2.75) is 19.4 Å². The van der Waals surface area contributed by atoms with Crippen LogP contribution in [0.1, 0.15) is 22.3 Å². The van der Waals surface area contributed by atoms with Gasteiger partial charge in [-0.05, 0) is 44.6 Å². The summed E-state index contributed by atoms with van der Waals surface area (Å²) in [7, 11) is 3.97. The molecule has 0 spiro atoms. The van der Waals surface area contributed by atoms with Gasteiger partial charge in [-0.1, -0.05) is 6.07 Å². The standard InChI is InChI=1S/C14H21N3O/c1-10-12(5-4-6-13(10)15)14(18)17(3)11-7-8-16(2)9-11/h4-6,11H,7-9,15H2,1-3H3. The van der Waals surface area contributed by atoms with Gasteiger partial charge in [0.2, 0.25) is 0 Å². The molecule has 1 saturated heterocycles. The van der Waals surface area contributed by atoms with E-state index in [1.54, 1.807) is 0 Å². The highest BCUT2D eigenvalue weighted by Gasteiger charge is 2.27. The lowest BCUT2D eigenvalue weighted by Crippen LogP contribution is -2.38. The molecule has 0 radical (unpaired) electrons. The third-order valence-electron chi connectivity index (χ3n) is 3.84. The molecule has 1 amide bonds. The summed E-state index contributed by atoms with van der Waals surface area (Å²) >= 11 is 0. The Bertz CT molecular complexity index is 458. The Morgan fingerprint density at radius 2 is 2.22 bits per heavy atom. The van der Waals surface area contributed by atoms with Crippen LogP contribution in [0.25, 0.3) is 0 Å². The fourth-order valence-corrected chi connectivity index (χ4v) is 2.47. The minimum absolute atomic E-state index is 0.0695. The third-order valence-corrected chi connectivity index (χ3v) is 3.84. The highest BCUT2D eigenvalue weighted by atomic mass is 16.2. The minimum Gasteiger partial charge on any atom is -0.398 e. The molecule has 1 unspecified atom stereocenters. The van der Waals surface area contributed by atoms with E-state index in [4.69, 9.17) is 5.73 Å². The van der Waals surface area contributed by atoms with Crippen molar-refractivity contribution in [3.63, 3.8) is 0 Å². The number of nitrogen functional groups attached to an aromatic ring is 1. The van der Waals surface area contributed by atoms with Crippen LogP contribution in [0.2, 0.25) is 0 Å². The van der Waals surface area contributed by atoms with Crippen molar-refractivity contribution in [3.8, 4) is 0 Å². The van der Waals surface area contributed by atoms with E-state index >= 15 is 0 Å². The lowest BCUT2D eigenvalue weighted by molar-refractivity contribution is 0.0737. The number of hydrogen-bond acceptors (Lipinski definition) is 3. The van der Waals surface area contributed by atoms with Crippen LogP contribution in [0, 0.1) is 6.92 Å². The monoisotopic (exact) mass is 247 g/mol. The summed E-state index contributed by atoms with van der Waals surface area (Å²) in [6.07, 6.45) is 1.04. The maximum atomic E-state index is 12.5. The van der Waals surface area contributed by atoms with Crippen molar-refractivity contribution < 1.29 is 4.79 Å². The first kappa shape index (κ1) is 12.9. The first-order chi connectivity index (χ1) is 8.50. The van der Waals surface area contributed by atoms with Gasteiger partial charge < -0.3 is 15.5 Å². The van der Waals surface area contributed by atoms with Crippen LogP contribution in [0.3, 0.4) is 0 Å². The highest BCUT2D eigenvalue weighted by Crippen LogP contribution is 2.20. The molecule has 4 heteroatoms. The number of carbonyl (C=O) groups is 1. The molecule has 0 aromatic heterocycles. The lowest BCUT2D eigenvalue weighted by Gasteiger charge is -2.25. The van der Waals surface area contributed by atoms with E-state index < -0.39 is 0 Å². The molecule has 1 aliphatic rings. The SMILES string of the molecule is Cc1c(N)cccc1C(=O)N(C)C1CCN(C)C1. The number of carbonyl (C=O) groups excluding carboxylic acids is 1. The molecule has 1 atom stereocenters. The smallest absolute Gasteiger partial charge is 0.254 e. The van der Waals surface area contributed by atoms with Gasteiger partial charge in [-0.25, -0.2) is 0 Å². The van der Waals surface area contributed by atoms with E-state index in [9.17, 15) is 4.79 Å². The zero-order valence-corrected chi connectivity index (χ0v) is 11.3. The van der Waals surface area contributed by atoms with Crippen LogP contribution in [0.4, 0.5) is 5.69 Å². The second-order valence-corrected chi connectivity index (χ2v) is 5.14. The zero-order chi connectivity index (χ0) is 13.3. The van der Waals surface area contributed by atoms with Crippen molar-refractivity contribution in [1.82, 2.24) is 9.80 Å². The van der Waals surface area contributed by atoms with Crippen molar-refractivity contribution >= 4 is 11.6 Å². The van der Waals surface area contributed by atoms with E-state index in [2.05, 4.69) is 11.9 Å². The average Bonchev–Trinajstić information content (AvgIpc) is 2.77. The number of nitrogens with zero attached hydrogens (tertiary/aromatic N) is 2. The molecule has 2 N–H and O–H groups in total. The molecule has 1 fully saturated rings. The van der Waals surface area contributed by atoms with Gasteiger partial charge in [0.15, 0.2) is 0 Å². The van der Waals surface area contributed by atoms with Gasteiger partial charge in [0.25, 0.3) is 5.91 Å². The lowest BCUT2D eigenvalue weighted by atomic mass is 10.0. The van der Waals surface area contributed by atoms with Crippen LogP contribution >= 0.6 is 0 Å². The van der Waals surface area contributed by atoms with E-state index in [-0.39, 0.29) is 5.91 Å². The third kappa shape index (κ3) is 2.34. The Balaban J connectivity index is 2.18. The van der Waals surface area contributed by atoms with Gasteiger partial charge in [-0.3, -0.25) is 4.79 Å². The number of likely N-dealkylation sites (N-methyl/N-ethyl adjacent to an activating group) is 2. The van der Waals surface area contributed by atoms with Gasteiger partial charge in [0.05, 0.1) is 0 Å². The summed E-state index contributed by atoms with van der Waals surface area (Å²) in [5.41, 5.74) is 8.12. The summed E-state index contributed by atoms with van der Waals surface area (Å²) in [4.78, 5) is 16.6. The maximum Gasteiger partial charge on any atom is 0.254 e. The maximum absolute atomic E-state index is 12.5. The number of hydrogen-bond donors (Lipinski definition) is 1. The van der Waals surface area contributed by atoms with Gasteiger partial charge >= 0.3 is 0 Å². The first-order valence-corrected chi connectivity index (χ1v) is 6.31. The van der Waals surface area contributed by atoms with E-state index in [1.807, 2.05) is 37.1 Å². The minimum atomic E-state index is 0.0695. The number of anilines is 1. The second kappa shape index (κ2) is 4.98. The van der Waals surface area contributed by atoms with Gasteiger partial charge in [-0.15, -0.1) is 0 Å². The van der Waals surface area contributed by atoms with Gasteiger partial charge in [-0.2, -0.15) is 0 Å². The van der Waals surface area contributed by atoms with Crippen molar-refractivity contribution in [3.05, 3.63) is 29.3 Å². The Morgan fingerprint density at radius 1 is 1.50 bits per heavy atom. The fraction of sp³-hybridized carbons (Fsp3) is 0.500. The summed E-state index contributed by atoms with van der Waals surface area (Å²) in [6.45, 7) is 3.90. The van der Waals surface area contributed by atoms with Gasteiger partial charge in [0, 0.05) is 30.9 Å². The summed E-state index contributed by atoms with van der Waals surface area (Å²) in [5, 5.41) is 0. The Hall–Kier alpha value is -1.55. The van der Waals surface area contributed by atoms with Crippen LogP contribution in [0.5, 0.6) is 0 Å². The zero-order valence-electron chi connectivity index (χ0n) is 11.3. The van der Waals surface area contributed by atoms with Crippen LogP contribution in [-0.2, 0) is 0 Å². The first-order valence-electron chi connectivity index (χ1n) is 6.31. The molecule has 1 aromatic carbocycles. The fourth-order valence-electron chi connectivity index (χ4n) is 2.47. The molecule has 1 heterocycles. The number of benzene rings is 1. The van der Waals surface area contributed by atoms with E-state index in [0.717, 1.165) is 25.1 Å². The Morgan fingerprint density at radius 3 is 2.83 bits per heavy atom. The summed E-state index contributed by atoms with van der Waals surface area (Å²) in [6, 6.07) is 5.83. The molecule has 1 aliphatic heterocycles. The quantitative estimate of drug-likeness (QED) is 0.803. The average molecular weight is 247 g/mol. The molecular weight excluding hydrogens is 226 g/mol. The van der Waals surface area contributed by atoms with Crippen LogP contribution < -0.4 is 5.73 Å². The molecule has 98 valence electrons. The molecule has 4 nitrogen and oxygen atoms in total. The Labute approximate surface area is 108 Å². The van der Waals surface area contributed by atoms with Crippen LogP contribution in [-0.4, -0.2) is 48.9 Å². The number of amides is 1. The number of likely N-dealkylation sites (tertiary alicyclic amines) is 1. The topological polar surface area (TPSA) is 49.6 Å². The number of rotatable bonds is 2. The molecule has 0 aliphatic carbocycles. The van der Waals surface area contributed by atoms with Crippen molar-refractivity contribution in [2.75, 3.05) is 32.9 Å².